The largest absolute Gasteiger partial charge is 0.507 e. The SMILES string of the molecule is CNCCNC(=O)c1ccc2c(c1)CN(C(=O)c1cc3c(NCC(C)C)n[nH]c3cc1O)C2. The molecule has 2 aromatic carbocycles. The van der Waals surface area contributed by atoms with Crippen molar-refractivity contribution in [1.82, 2.24) is 25.7 Å². The summed E-state index contributed by atoms with van der Waals surface area (Å²) in [7, 11) is 1.83. The maximum absolute atomic E-state index is 13.3. The summed E-state index contributed by atoms with van der Waals surface area (Å²) < 4.78 is 0. The summed E-state index contributed by atoms with van der Waals surface area (Å²) in [6, 6.07) is 8.73. The molecule has 1 aliphatic heterocycles. The average molecular weight is 451 g/mol. The summed E-state index contributed by atoms with van der Waals surface area (Å²) in [5.41, 5.74) is 3.40. The van der Waals surface area contributed by atoms with E-state index in [9.17, 15) is 14.7 Å². The third kappa shape index (κ3) is 4.78. The van der Waals surface area contributed by atoms with E-state index < -0.39 is 0 Å². The van der Waals surface area contributed by atoms with Crippen LogP contribution >= 0.6 is 0 Å². The van der Waals surface area contributed by atoms with E-state index in [-0.39, 0.29) is 23.1 Å². The second-order valence-corrected chi connectivity index (χ2v) is 8.77. The molecule has 1 aliphatic rings. The van der Waals surface area contributed by atoms with Crippen molar-refractivity contribution in [2.45, 2.75) is 26.9 Å². The van der Waals surface area contributed by atoms with Crippen molar-refractivity contribution in [1.29, 1.82) is 0 Å². The number of rotatable bonds is 8. The molecule has 4 rings (SSSR count). The van der Waals surface area contributed by atoms with E-state index in [0.717, 1.165) is 23.1 Å². The lowest BCUT2D eigenvalue weighted by Crippen LogP contribution is -2.30. The lowest BCUT2D eigenvalue weighted by molar-refractivity contribution is 0.0748. The topological polar surface area (TPSA) is 122 Å². The molecule has 0 radical (unpaired) electrons. The number of fused-ring (bicyclic) bond motifs is 2. The molecule has 0 spiro atoms. The zero-order valence-electron chi connectivity index (χ0n) is 19.2. The summed E-state index contributed by atoms with van der Waals surface area (Å²) in [6.45, 7) is 7.00. The van der Waals surface area contributed by atoms with Crippen molar-refractivity contribution in [3.63, 3.8) is 0 Å². The normalized spacial score (nSPS) is 12.9. The molecule has 5 N–H and O–H groups in total. The predicted octanol–water partition coefficient (Wildman–Crippen LogP) is 2.44. The van der Waals surface area contributed by atoms with Crippen LogP contribution in [0.15, 0.2) is 30.3 Å². The number of nitrogens with zero attached hydrogens (tertiary/aromatic N) is 2. The molecule has 9 heteroatoms. The lowest BCUT2D eigenvalue weighted by Gasteiger charge is -2.16. The molecule has 0 bridgehead atoms. The summed E-state index contributed by atoms with van der Waals surface area (Å²) in [5, 5.41) is 27.6. The maximum atomic E-state index is 13.3. The number of amides is 2. The van der Waals surface area contributed by atoms with Crippen molar-refractivity contribution >= 4 is 28.5 Å². The summed E-state index contributed by atoms with van der Waals surface area (Å²) in [4.78, 5) is 27.3. The van der Waals surface area contributed by atoms with Crippen molar-refractivity contribution in [3.05, 3.63) is 52.6 Å². The Hall–Kier alpha value is -3.59. The van der Waals surface area contributed by atoms with E-state index in [2.05, 4.69) is 40.0 Å². The molecule has 9 nitrogen and oxygen atoms in total. The number of carbonyl (C=O) groups excluding carboxylic acids is 2. The number of aromatic nitrogens is 2. The van der Waals surface area contributed by atoms with Crippen LogP contribution in [0.3, 0.4) is 0 Å². The number of likely N-dealkylation sites (N-methyl/N-ethyl adjacent to an activating group) is 1. The Balaban J connectivity index is 1.52. The molecule has 0 saturated carbocycles. The van der Waals surface area contributed by atoms with Gasteiger partial charge in [-0.05, 0) is 42.3 Å². The van der Waals surface area contributed by atoms with Crippen LogP contribution in [0.5, 0.6) is 5.75 Å². The quantitative estimate of drug-likeness (QED) is 0.336. The van der Waals surface area contributed by atoms with E-state index in [1.807, 2.05) is 19.2 Å². The highest BCUT2D eigenvalue weighted by Crippen LogP contribution is 2.32. The van der Waals surface area contributed by atoms with Gasteiger partial charge in [-0.25, -0.2) is 0 Å². The Morgan fingerprint density at radius 3 is 2.70 bits per heavy atom. The van der Waals surface area contributed by atoms with Crippen LogP contribution in [0, 0.1) is 5.92 Å². The first kappa shape index (κ1) is 22.6. The van der Waals surface area contributed by atoms with E-state index in [1.54, 1.807) is 17.0 Å². The molecule has 0 unspecified atom stereocenters. The summed E-state index contributed by atoms with van der Waals surface area (Å²) in [5.74, 6) is 0.607. The number of phenolic OH excluding ortho intramolecular Hbond substituents is 1. The predicted molar refractivity (Wildman–Crippen MR) is 127 cm³/mol. The maximum Gasteiger partial charge on any atom is 0.258 e. The lowest BCUT2D eigenvalue weighted by atomic mass is 10.1. The standard InChI is InChI=1S/C24H30N6O3/c1-14(2)11-27-22-18-9-19(21(31)10-20(18)28-29-22)24(33)30-12-16-5-4-15(8-17(16)13-30)23(32)26-7-6-25-3/h4-5,8-10,14,25,31H,6-7,11-13H2,1-3H3,(H,26,32)(H2,27,28,29). The van der Waals surface area contributed by atoms with Gasteiger partial charge in [0.15, 0.2) is 5.82 Å². The van der Waals surface area contributed by atoms with Crippen LogP contribution in [0.2, 0.25) is 0 Å². The minimum absolute atomic E-state index is 0.0906. The highest BCUT2D eigenvalue weighted by Gasteiger charge is 2.27. The van der Waals surface area contributed by atoms with Crippen LogP contribution < -0.4 is 16.0 Å². The first-order valence-corrected chi connectivity index (χ1v) is 11.2. The molecular weight excluding hydrogens is 420 g/mol. The molecule has 2 amide bonds. The van der Waals surface area contributed by atoms with Gasteiger partial charge in [0.1, 0.15) is 5.75 Å². The average Bonchev–Trinajstić information content (AvgIpc) is 3.39. The van der Waals surface area contributed by atoms with Crippen LogP contribution in [0.25, 0.3) is 10.9 Å². The van der Waals surface area contributed by atoms with Crippen LogP contribution in [-0.4, -0.2) is 58.7 Å². The number of benzene rings is 2. The van der Waals surface area contributed by atoms with Crippen molar-refractivity contribution < 1.29 is 14.7 Å². The number of hydrogen-bond acceptors (Lipinski definition) is 6. The highest BCUT2D eigenvalue weighted by atomic mass is 16.3. The van der Waals surface area contributed by atoms with Crippen molar-refractivity contribution in [3.8, 4) is 5.75 Å². The molecular formula is C24H30N6O3. The van der Waals surface area contributed by atoms with Gasteiger partial charge in [-0.2, -0.15) is 5.10 Å². The third-order valence-electron chi connectivity index (χ3n) is 5.73. The fourth-order valence-corrected chi connectivity index (χ4v) is 3.91. The summed E-state index contributed by atoms with van der Waals surface area (Å²) in [6.07, 6.45) is 0. The van der Waals surface area contributed by atoms with Gasteiger partial charge in [0, 0.05) is 49.7 Å². The molecule has 0 fully saturated rings. The second kappa shape index (κ2) is 9.50. The van der Waals surface area contributed by atoms with Gasteiger partial charge >= 0.3 is 0 Å². The molecule has 174 valence electrons. The minimum Gasteiger partial charge on any atom is -0.507 e. The van der Waals surface area contributed by atoms with Gasteiger partial charge in [-0.15, -0.1) is 0 Å². The van der Waals surface area contributed by atoms with Gasteiger partial charge in [0.05, 0.1) is 11.1 Å². The van der Waals surface area contributed by atoms with E-state index in [1.165, 1.54) is 6.07 Å². The number of phenols is 1. The minimum atomic E-state index is -0.262. The Labute approximate surface area is 192 Å². The van der Waals surface area contributed by atoms with Crippen LogP contribution in [0.4, 0.5) is 5.82 Å². The highest BCUT2D eigenvalue weighted by molar-refractivity contribution is 6.03. The second-order valence-electron chi connectivity index (χ2n) is 8.77. The smallest absolute Gasteiger partial charge is 0.258 e. The molecule has 0 saturated heterocycles. The molecule has 0 aliphatic carbocycles. The zero-order chi connectivity index (χ0) is 23.5. The third-order valence-corrected chi connectivity index (χ3v) is 5.73. The number of hydrogen-bond donors (Lipinski definition) is 5. The van der Waals surface area contributed by atoms with Gasteiger partial charge in [0.25, 0.3) is 11.8 Å². The monoisotopic (exact) mass is 450 g/mol. The van der Waals surface area contributed by atoms with Crippen molar-refractivity contribution in [2.24, 2.45) is 5.92 Å². The Morgan fingerprint density at radius 2 is 1.94 bits per heavy atom. The molecule has 0 atom stereocenters. The van der Waals surface area contributed by atoms with Gasteiger partial charge in [-0.3, -0.25) is 14.7 Å². The number of anilines is 1. The van der Waals surface area contributed by atoms with E-state index in [0.29, 0.717) is 49.0 Å². The van der Waals surface area contributed by atoms with Crippen LogP contribution in [0.1, 0.15) is 45.7 Å². The molecule has 1 aromatic heterocycles. The van der Waals surface area contributed by atoms with E-state index >= 15 is 0 Å². The number of H-pyrrole nitrogens is 1. The Kier molecular flexibility index (Phi) is 6.50. The number of carbonyl (C=O) groups is 2. The Bertz CT molecular complexity index is 1190. The molecule has 33 heavy (non-hydrogen) atoms. The number of nitrogens with one attached hydrogen (secondary N) is 4. The molecule has 2 heterocycles. The van der Waals surface area contributed by atoms with Gasteiger partial charge < -0.3 is 26.0 Å². The van der Waals surface area contributed by atoms with Gasteiger partial charge in [0.2, 0.25) is 0 Å². The fourth-order valence-electron chi connectivity index (χ4n) is 3.91. The number of aromatic amines is 1. The van der Waals surface area contributed by atoms with Crippen LogP contribution in [-0.2, 0) is 13.1 Å². The molecule has 3 aromatic rings. The fraction of sp³-hybridized carbons (Fsp3) is 0.375. The number of aromatic hydroxyl groups is 1. The summed E-state index contributed by atoms with van der Waals surface area (Å²) >= 11 is 0. The van der Waals surface area contributed by atoms with Gasteiger partial charge in [-0.1, -0.05) is 19.9 Å². The van der Waals surface area contributed by atoms with Crippen molar-refractivity contribution in [2.75, 3.05) is 32.0 Å². The zero-order valence-corrected chi connectivity index (χ0v) is 19.2. The Morgan fingerprint density at radius 1 is 1.15 bits per heavy atom. The van der Waals surface area contributed by atoms with E-state index in [4.69, 9.17) is 0 Å². The first-order valence-electron chi connectivity index (χ1n) is 11.2. The first-order chi connectivity index (χ1) is 15.9.